The van der Waals surface area contributed by atoms with Gasteiger partial charge in [0.05, 0.1) is 0 Å². The number of nitrogens with one attached hydrogen (secondary N) is 2. The molecule has 0 aromatic heterocycles. The molecule has 2 atom stereocenters. The van der Waals surface area contributed by atoms with E-state index < -0.39 is 0 Å². The highest BCUT2D eigenvalue weighted by molar-refractivity contribution is 6.30. The third-order valence-electron chi connectivity index (χ3n) is 3.83. The lowest BCUT2D eigenvalue weighted by Gasteiger charge is -2.12. The molecular weight excluding hydrogens is 298 g/mol. The SMILES string of the molecule is CCOCCCCNC(=NC)NC1CC1c1cccc(Cl)c1. The number of halogens is 1. The van der Waals surface area contributed by atoms with Crippen molar-refractivity contribution in [1.29, 1.82) is 0 Å². The van der Waals surface area contributed by atoms with Crippen LogP contribution in [0, 0.1) is 0 Å². The summed E-state index contributed by atoms with van der Waals surface area (Å²) >= 11 is 6.05. The van der Waals surface area contributed by atoms with Gasteiger partial charge in [-0.3, -0.25) is 4.99 Å². The van der Waals surface area contributed by atoms with Gasteiger partial charge in [0.25, 0.3) is 0 Å². The van der Waals surface area contributed by atoms with E-state index in [1.807, 2.05) is 26.1 Å². The van der Waals surface area contributed by atoms with Crippen LogP contribution in [0.1, 0.15) is 37.7 Å². The van der Waals surface area contributed by atoms with Gasteiger partial charge in [0.2, 0.25) is 0 Å². The second-order valence-corrected chi connectivity index (χ2v) is 5.99. The highest BCUT2D eigenvalue weighted by Gasteiger charge is 2.39. The Morgan fingerprint density at radius 3 is 3.00 bits per heavy atom. The molecule has 2 rings (SSSR count). The average molecular weight is 324 g/mol. The number of rotatable bonds is 8. The number of benzene rings is 1. The molecule has 1 aromatic rings. The Morgan fingerprint density at radius 1 is 1.41 bits per heavy atom. The van der Waals surface area contributed by atoms with Crippen LogP contribution < -0.4 is 10.6 Å². The average Bonchev–Trinajstić information content (AvgIpc) is 3.29. The summed E-state index contributed by atoms with van der Waals surface area (Å²) in [7, 11) is 1.81. The lowest BCUT2D eigenvalue weighted by atomic mass is 10.1. The van der Waals surface area contributed by atoms with Gasteiger partial charge in [-0.15, -0.1) is 0 Å². The number of hydrogen-bond acceptors (Lipinski definition) is 2. The van der Waals surface area contributed by atoms with Crippen molar-refractivity contribution in [2.24, 2.45) is 4.99 Å². The van der Waals surface area contributed by atoms with Crippen molar-refractivity contribution in [2.75, 3.05) is 26.8 Å². The van der Waals surface area contributed by atoms with Crippen LogP contribution in [0.4, 0.5) is 0 Å². The van der Waals surface area contributed by atoms with Crippen LogP contribution in [0.5, 0.6) is 0 Å². The minimum Gasteiger partial charge on any atom is -0.382 e. The van der Waals surface area contributed by atoms with E-state index >= 15 is 0 Å². The van der Waals surface area contributed by atoms with Crippen LogP contribution in [-0.2, 0) is 4.74 Å². The standard InChI is InChI=1S/C17H26ClN3O/c1-3-22-10-5-4-9-20-17(19-2)21-16-12-15(16)13-7-6-8-14(18)11-13/h6-8,11,15-16H,3-5,9-10,12H2,1-2H3,(H2,19,20,21). The van der Waals surface area contributed by atoms with Gasteiger partial charge in [0, 0.05) is 43.8 Å². The highest BCUT2D eigenvalue weighted by Crippen LogP contribution is 2.41. The summed E-state index contributed by atoms with van der Waals surface area (Å²) in [5, 5.41) is 7.64. The van der Waals surface area contributed by atoms with E-state index in [4.69, 9.17) is 16.3 Å². The van der Waals surface area contributed by atoms with Crippen molar-refractivity contribution in [3.05, 3.63) is 34.9 Å². The second kappa shape index (κ2) is 9.01. The maximum Gasteiger partial charge on any atom is 0.191 e. The number of hydrogen-bond donors (Lipinski definition) is 2. The molecule has 122 valence electrons. The lowest BCUT2D eigenvalue weighted by molar-refractivity contribution is 0.143. The van der Waals surface area contributed by atoms with Crippen molar-refractivity contribution in [3.8, 4) is 0 Å². The molecule has 0 amide bonds. The monoisotopic (exact) mass is 323 g/mol. The molecule has 5 heteroatoms. The Kier molecular flexibility index (Phi) is 7.00. The molecule has 22 heavy (non-hydrogen) atoms. The molecule has 0 heterocycles. The Morgan fingerprint density at radius 2 is 2.27 bits per heavy atom. The van der Waals surface area contributed by atoms with Crippen LogP contribution in [-0.4, -0.2) is 38.8 Å². The van der Waals surface area contributed by atoms with Gasteiger partial charge >= 0.3 is 0 Å². The first-order valence-corrected chi connectivity index (χ1v) is 8.42. The molecule has 0 spiro atoms. The fraction of sp³-hybridized carbons (Fsp3) is 0.588. The Balaban J connectivity index is 1.67. The van der Waals surface area contributed by atoms with Gasteiger partial charge in [-0.05, 0) is 43.9 Å². The fourth-order valence-electron chi connectivity index (χ4n) is 2.51. The minimum atomic E-state index is 0.452. The molecule has 0 aliphatic heterocycles. The zero-order chi connectivity index (χ0) is 15.8. The highest BCUT2D eigenvalue weighted by atomic mass is 35.5. The summed E-state index contributed by atoms with van der Waals surface area (Å²) in [5.74, 6) is 1.42. The molecule has 0 saturated heterocycles. The maximum atomic E-state index is 6.05. The van der Waals surface area contributed by atoms with Gasteiger partial charge in [-0.25, -0.2) is 0 Å². The van der Waals surface area contributed by atoms with Crippen molar-refractivity contribution in [1.82, 2.24) is 10.6 Å². The topological polar surface area (TPSA) is 45.6 Å². The molecule has 1 aliphatic rings. The van der Waals surface area contributed by atoms with Crippen LogP contribution in [0.2, 0.25) is 5.02 Å². The van der Waals surface area contributed by atoms with Crippen molar-refractivity contribution in [2.45, 2.75) is 38.1 Å². The van der Waals surface area contributed by atoms with E-state index in [1.54, 1.807) is 0 Å². The molecular formula is C17H26ClN3O. The fourth-order valence-corrected chi connectivity index (χ4v) is 2.71. The molecule has 2 N–H and O–H groups in total. The van der Waals surface area contributed by atoms with Gasteiger partial charge in [0.1, 0.15) is 0 Å². The Bertz CT molecular complexity index is 493. The van der Waals surface area contributed by atoms with Crippen molar-refractivity contribution in [3.63, 3.8) is 0 Å². The van der Waals surface area contributed by atoms with E-state index in [9.17, 15) is 0 Å². The zero-order valence-corrected chi connectivity index (χ0v) is 14.2. The summed E-state index contributed by atoms with van der Waals surface area (Å²) in [6.07, 6.45) is 3.29. The van der Waals surface area contributed by atoms with E-state index in [0.717, 1.165) is 50.0 Å². The van der Waals surface area contributed by atoms with Crippen LogP contribution in [0.25, 0.3) is 0 Å². The molecule has 1 fully saturated rings. The maximum absolute atomic E-state index is 6.05. The van der Waals surface area contributed by atoms with Crippen molar-refractivity contribution >= 4 is 17.6 Å². The summed E-state index contributed by atoms with van der Waals surface area (Å²) < 4.78 is 5.33. The van der Waals surface area contributed by atoms with E-state index in [0.29, 0.717) is 12.0 Å². The molecule has 1 aliphatic carbocycles. The van der Waals surface area contributed by atoms with Crippen LogP contribution in [0.3, 0.4) is 0 Å². The lowest BCUT2D eigenvalue weighted by Crippen LogP contribution is -2.39. The largest absolute Gasteiger partial charge is 0.382 e. The normalized spacial score (nSPS) is 20.8. The van der Waals surface area contributed by atoms with E-state index in [2.05, 4.69) is 27.8 Å². The smallest absolute Gasteiger partial charge is 0.191 e. The molecule has 0 radical (unpaired) electrons. The van der Waals surface area contributed by atoms with Gasteiger partial charge in [-0.1, -0.05) is 23.7 Å². The predicted molar refractivity (Wildman–Crippen MR) is 92.8 cm³/mol. The number of aliphatic imine (C=N–C) groups is 1. The van der Waals surface area contributed by atoms with Crippen molar-refractivity contribution < 1.29 is 4.74 Å². The summed E-state index contributed by atoms with van der Waals surface area (Å²) in [6, 6.07) is 8.57. The Hall–Kier alpha value is -1.26. The first kappa shape index (κ1) is 17.1. The Labute approximate surface area is 138 Å². The first-order valence-electron chi connectivity index (χ1n) is 8.05. The third kappa shape index (κ3) is 5.50. The molecule has 0 bridgehead atoms. The van der Waals surface area contributed by atoms with Crippen LogP contribution in [0.15, 0.2) is 29.3 Å². The number of ether oxygens (including phenoxy) is 1. The second-order valence-electron chi connectivity index (χ2n) is 5.55. The van der Waals surface area contributed by atoms with E-state index in [1.165, 1.54) is 5.56 Å². The third-order valence-corrected chi connectivity index (χ3v) is 4.06. The first-order chi connectivity index (χ1) is 10.7. The van der Waals surface area contributed by atoms with Gasteiger partial charge < -0.3 is 15.4 Å². The molecule has 4 nitrogen and oxygen atoms in total. The summed E-state index contributed by atoms with van der Waals surface area (Å²) in [6.45, 7) is 4.57. The van der Waals surface area contributed by atoms with Gasteiger partial charge in [-0.2, -0.15) is 0 Å². The summed E-state index contributed by atoms with van der Waals surface area (Å²) in [5.41, 5.74) is 1.30. The number of unbranched alkanes of at least 4 members (excludes halogenated alkanes) is 1. The number of nitrogens with zero attached hydrogens (tertiary/aromatic N) is 1. The minimum absolute atomic E-state index is 0.452. The quantitative estimate of drug-likeness (QED) is 0.439. The van der Waals surface area contributed by atoms with Gasteiger partial charge in [0.15, 0.2) is 5.96 Å². The molecule has 1 saturated carbocycles. The van der Waals surface area contributed by atoms with E-state index in [-0.39, 0.29) is 0 Å². The summed E-state index contributed by atoms with van der Waals surface area (Å²) in [4.78, 5) is 4.28. The van der Waals surface area contributed by atoms with Crippen LogP contribution >= 0.6 is 11.6 Å². The molecule has 2 unspecified atom stereocenters. The number of guanidine groups is 1. The molecule has 1 aromatic carbocycles. The zero-order valence-electron chi connectivity index (χ0n) is 13.4. The predicted octanol–water partition coefficient (Wildman–Crippen LogP) is 3.18.